The van der Waals surface area contributed by atoms with E-state index in [-0.39, 0.29) is 0 Å². The first-order valence-corrected chi connectivity index (χ1v) is 8.41. The maximum Gasteiger partial charge on any atom is 0.189 e. The third kappa shape index (κ3) is 2.58. The Hall–Kier alpha value is -3.02. The molecule has 0 radical (unpaired) electrons. The number of para-hydroxylation sites is 1. The first-order valence-electron chi connectivity index (χ1n) is 8.41. The number of rotatable bonds is 5. The zero-order valence-corrected chi connectivity index (χ0v) is 14.4. The predicted octanol–water partition coefficient (Wildman–Crippen LogP) is 3.51. The third-order valence-corrected chi connectivity index (χ3v) is 4.61. The van der Waals surface area contributed by atoms with Crippen LogP contribution in [0.25, 0.3) is 11.0 Å². The molecule has 0 fully saturated rings. The van der Waals surface area contributed by atoms with Crippen molar-refractivity contribution >= 4 is 11.0 Å². The van der Waals surface area contributed by atoms with Crippen LogP contribution in [0.3, 0.4) is 0 Å². The van der Waals surface area contributed by atoms with Crippen molar-refractivity contribution in [3.05, 3.63) is 96.1 Å². The van der Waals surface area contributed by atoms with E-state index in [1.54, 1.807) is 11.8 Å². The van der Waals surface area contributed by atoms with Gasteiger partial charge in [-0.15, -0.1) is 5.10 Å². The monoisotopic (exact) mass is 345 g/mol. The molecule has 4 rings (SSSR count). The smallest absolute Gasteiger partial charge is 0.189 e. The number of aromatic nitrogens is 3. The fourth-order valence-corrected chi connectivity index (χ4v) is 3.34. The Kier molecular flexibility index (Phi) is 4.24. The molecule has 1 N–H and O–H groups in total. The van der Waals surface area contributed by atoms with Crippen LogP contribution in [0.2, 0.25) is 0 Å². The summed E-state index contributed by atoms with van der Waals surface area (Å²) in [5.41, 5.74) is 1.55. The highest BCUT2D eigenvalue weighted by Gasteiger charge is 2.43. The minimum absolute atomic E-state index is 0.720. The molecule has 4 aromatic rings. The largest absolute Gasteiger partial charge is 0.376 e. The fraction of sp³-hybridized carbons (Fsp3) is 0.143. The van der Waals surface area contributed by atoms with Gasteiger partial charge in [-0.3, -0.25) is 0 Å². The van der Waals surface area contributed by atoms with Crippen LogP contribution in [-0.4, -0.2) is 27.2 Å². The highest BCUT2D eigenvalue weighted by molar-refractivity contribution is 5.74. The van der Waals surface area contributed by atoms with Gasteiger partial charge in [0.15, 0.2) is 11.8 Å². The van der Waals surface area contributed by atoms with Crippen LogP contribution in [0.4, 0.5) is 0 Å². The van der Waals surface area contributed by atoms with Gasteiger partial charge in [0, 0.05) is 7.11 Å². The molecule has 0 bridgehead atoms. The van der Waals surface area contributed by atoms with Crippen LogP contribution in [0.5, 0.6) is 0 Å². The number of hydrogen-bond acceptors (Lipinski definition) is 4. The molecule has 3 aromatic carbocycles. The van der Waals surface area contributed by atoms with Crippen molar-refractivity contribution in [2.24, 2.45) is 0 Å². The Morgan fingerprint density at radius 2 is 1.38 bits per heavy atom. The van der Waals surface area contributed by atoms with Crippen LogP contribution in [0.1, 0.15) is 17.4 Å². The summed E-state index contributed by atoms with van der Waals surface area (Å²) >= 11 is 0. The van der Waals surface area contributed by atoms with E-state index in [9.17, 15) is 5.11 Å². The highest BCUT2D eigenvalue weighted by atomic mass is 16.5. The van der Waals surface area contributed by atoms with Crippen molar-refractivity contribution in [2.75, 3.05) is 7.11 Å². The average molecular weight is 345 g/mol. The van der Waals surface area contributed by atoms with Crippen LogP contribution >= 0.6 is 0 Å². The molecule has 1 heterocycles. The summed E-state index contributed by atoms with van der Waals surface area (Å²) in [7, 11) is 1.57. The van der Waals surface area contributed by atoms with Crippen molar-refractivity contribution in [1.82, 2.24) is 15.0 Å². The van der Waals surface area contributed by atoms with Gasteiger partial charge in [0.2, 0.25) is 0 Å². The van der Waals surface area contributed by atoms with Crippen LogP contribution in [0.15, 0.2) is 84.9 Å². The van der Waals surface area contributed by atoms with Gasteiger partial charge < -0.3 is 9.84 Å². The number of hydrogen-bond donors (Lipinski definition) is 1. The van der Waals surface area contributed by atoms with E-state index in [0.29, 0.717) is 0 Å². The lowest BCUT2D eigenvalue weighted by molar-refractivity contribution is -0.118. The summed E-state index contributed by atoms with van der Waals surface area (Å²) in [6.45, 7) is 0. The van der Waals surface area contributed by atoms with Gasteiger partial charge in [-0.2, -0.15) is 0 Å². The summed E-state index contributed by atoms with van der Waals surface area (Å²) in [5.74, 6) is 0. The van der Waals surface area contributed by atoms with Gasteiger partial charge in [-0.25, -0.2) is 4.68 Å². The lowest BCUT2D eigenvalue weighted by Crippen LogP contribution is -2.39. The SMILES string of the molecule is COC(n1nnc2ccccc21)C(O)(c1ccccc1)c1ccccc1. The molecule has 0 amide bonds. The molecule has 1 unspecified atom stereocenters. The van der Waals surface area contributed by atoms with Crippen molar-refractivity contribution < 1.29 is 9.84 Å². The Morgan fingerprint density at radius 3 is 1.96 bits per heavy atom. The van der Waals surface area contributed by atoms with E-state index in [1.807, 2.05) is 84.9 Å². The summed E-state index contributed by atoms with van der Waals surface area (Å²) in [6.07, 6.45) is -0.792. The van der Waals surface area contributed by atoms with E-state index < -0.39 is 11.8 Å². The molecule has 1 aromatic heterocycles. The summed E-state index contributed by atoms with van der Waals surface area (Å²) in [6, 6.07) is 26.6. The topological polar surface area (TPSA) is 60.2 Å². The second kappa shape index (κ2) is 6.71. The molecule has 0 aliphatic heterocycles. The summed E-state index contributed by atoms with van der Waals surface area (Å²) < 4.78 is 7.42. The number of aliphatic hydroxyl groups is 1. The molecule has 5 nitrogen and oxygen atoms in total. The molecule has 0 aliphatic rings. The summed E-state index contributed by atoms with van der Waals surface area (Å²) in [4.78, 5) is 0. The molecule has 0 saturated heterocycles. The lowest BCUT2D eigenvalue weighted by Gasteiger charge is -2.36. The van der Waals surface area contributed by atoms with Crippen molar-refractivity contribution in [3.63, 3.8) is 0 Å². The maximum atomic E-state index is 11.9. The van der Waals surface area contributed by atoms with Gasteiger partial charge in [0.1, 0.15) is 5.52 Å². The Morgan fingerprint density at radius 1 is 0.846 bits per heavy atom. The lowest BCUT2D eigenvalue weighted by atomic mass is 9.84. The van der Waals surface area contributed by atoms with Gasteiger partial charge in [0.05, 0.1) is 5.52 Å². The molecule has 0 saturated carbocycles. The van der Waals surface area contributed by atoms with Gasteiger partial charge in [0.25, 0.3) is 0 Å². The fourth-order valence-electron chi connectivity index (χ4n) is 3.34. The average Bonchev–Trinajstić information content (AvgIpc) is 3.14. The number of benzene rings is 3. The zero-order chi connectivity index (χ0) is 18.0. The second-order valence-corrected chi connectivity index (χ2v) is 6.11. The van der Waals surface area contributed by atoms with E-state index in [4.69, 9.17) is 4.74 Å². The molecule has 0 aliphatic carbocycles. The Bertz CT molecular complexity index is 960. The molecular weight excluding hydrogens is 326 g/mol. The van der Waals surface area contributed by atoms with Gasteiger partial charge in [-0.1, -0.05) is 78.0 Å². The molecule has 5 heteroatoms. The molecule has 130 valence electrons. The quantitative estimate of drug-likeness (QED) is 0.601. The zero-order valence-electron chi connectivity index (χ0n) is 14.4. The second-order valence-electron chi connectivity index (χ2n) is 6.11. The maximum absolute atomic E-state index is 11.9. The van der Waals surface area contributed by atoms with Gasteiger partial charge in [-0.05, 0) is 23.3 Å². The Balaban J connectivity index is 1.95. The van der Waals surface area contributed by atoms with Gasteiger partial charge >= 0.3 is 0 Å². The first kappa shape index (κ1) is 16.4. The standard InChI is InChI=1S/C21H19N3O2/c1-26-20(24-19-15-9-8-14-18(19)22-23-24)21(25,16-10-4-2-5-11-16)17-12-6-3-7-13-17/h2-15,20,25H,1H3. The van der Waals surface area contributed by atoms with Crippen LogP contribution < -0.4 is 0 Å². The Labute approximate surface area is 151 Å². The number of fused-ring (bicyclic) bond motifs is 1. The first-order chi connectivity index (χ1) is 12.7. The molecular formula is C21H19N3O2. The van der Waals surface area contributed by atoms with E-state index in [0.717, 1.165) is 22.2 Å². The van der Waals surface area contributed by atoms with Crippen molar-refractivity contribution in [3.8, 4) is 0 Å². The molecule has 1 atom stereocenters. The summed E-state index contributed by atoms with van der Waals surface area (Å²) in [5, 5.41) is 20.4. The normalized spacial score (nSPS) is 13.0. The molecule has 0 spiro atoms. The van der Waals surface area contributed by atoms with Crippen molar-refractivity contribution in [1.29, 1.82) is 0 Å². The van der Waals surface area contributed by atoms with E-state index in [2.05, 4.69) is 10.3 Å². The highest BCUT2D eigenvalue weighted by Crippen LogP contribution is 2.40. The third-order valence-electron chi connectivity index (χ3n) is 4.61. The van der Waals surface area contributed by atoms with E-state index in [1.165, 1.54) is 0 Å². The minimum atomic E-state index is -1.44. The minimum Gasteiger partial charge on any atom is -0.376 e. The van der Waals surface area contributed by atoms with Crippen LogP contribution in [0, 0.1) is 0 Å². The predicted molar refractivity (Wildman–Crippen MR) is 99.5 cm³/mol. The van der Waals surface area contributed by atoms with Crippen LogP contribution in [-0.2, 0) is 10.3 Å². The van der Waals surface area contributed by atoms with E-state index >= 15 is 0 Å². The number of methoxy groups -OCH3 is 1. The van der Waals surface area contributed by atoms with Crippen molar-refractivity contribution in [2.45, 2.75) is 11.8 Å². The number of nitrogens with zero attached hydrogens (tertiary/aromatic N) is 3. The number of ether oxygens (including phenoxy) is 1. The molecule has 26 heavy (non-hydrogen) atoms.